The molecule has 0 aromatic rings. The number of hydrogen-bond donors (Lipinski definition) is 3. The second kappa shape index (κ2) is 49.6. The van der Waals surface area contributed by atoms with Gasteiger partial charge in [0.15, 0.2) is 6.10 Å². The van der Waals surface area contributed by atoms with E-state index in [2.05, 4.69) is 74.6 Å². The highest BCUT2D eigenvalue weighted by Gasteiger charge is 2.27. The summed E-state index contributed by atoms with van der Waals surface area (Å²) < 4.78 is 32.9. The number of hydrogen-bond acceptors (Lipinski definition) is 9. The average molecular weight is 937 g/mol. The molecule has 0 saturated carbocycles. The Hall–Kier alpha value is -2.33. The maximum atomic E-state index is 12.7. The standard InChI is InChI=1S/C54H97O10P/c1-3-5-7-9-11-13-15-17-19-21-23-24-25-26-28-30-32-34-36-38-40-42-44-46-54(58)64-52(50-63-65(59,60)62-48-51(56)47-55)49-61-53(57)45-43-41-39-37-35-33-31-29-27-22-20-18-16-14-12-10-8-6-4-2/h5,7,11,13,17-20,23-24,51-52,55-56H,3-4,6,8-10,12,14-16,21-22,25-50H2,1-2H3,(H,59,60)/b7-5-,13-11-,19-17-,20-18-,24-23-. The van der Waals surface area contributed by atoms with Gasteiger partial charge in [-0.1, -0.05) is 203 Å². The minimum absolute atomic E-state index is 0.177. The summed E-state index contributed by atoms with van der Waals surface area (Å²) in [6, 6.07) is 0. The van der Waals surface area contributed by atoms with Crippen molar-refractivity contribution in [1.82, 2.24) is 0 Å². The van der Waals surface area contributed by atoms with Crippen molar-refractivity contribution in [3.05, 3.63) is 60.8 Å². The molecule has 0 aromatic carbocycles. The average Bonchev–Trinajstić information content (AvgIpc) is 3.30. The van der Waals surface area contributed by atoms with Gasteiger partial charge in [0.05, 0.1) is 19.8 Å². The van der Waals surface area contributed by atoms with Crippen LogP contribution < -0.4 is 0 Å². The number of phosphoric acid groups is 1. The van der Waals surface area contributed by atoms with E-state index in [-0.39, 0.29) is 19.4 Å². The van der Waals surface area contributed by atoms with Gasteiger partial charge in [-0.15, -0.1) is 0 Å². The van der Waals surface area contributed by atoms with Gasteiger partial charge in [0.25, 0.3) is 0 Å². The Morgan fingerprint density at radius 2 is 0.846 bits per heavy atom. The summed E-state index contributed by atoms with van der Waals surface area (Å²) in [6.07, 6.45) is 57.5. The third-order valence-corrected chi connectivity index (χ3v) is 12.1. The smallest absolute Gasteiger partial charge is 0.462 e. The van der Waals surface area contributed by atoms with E-state index in [9.17, 15) is 24.2 Å². The van der Waals surface area contributed by atoms with Gasteiger partial charge in [-0.2, -0.15) is 0 Å². The summed E-state index contributed by atoms with van der Waals surface area (Å²) in [5.74, 6) is -0.927. The molecule has 65 heavy (non-hydrogen) atoms. The molecule has 0 fully saturated rings. The van der Waals surface area contributed by atoms with E-state index >= 15 is 0 Å². The largest absolute Gasteiger partial charge is 0.472 e. The van der Waals surface area contributed by atoms with Crippen molar-refractivity contribution in [3.8, 4) is 0 Å². The van der Waals surface area contributed by atoms with Crippen molar-refractivity contribution in [2.75, 3.05) is 26.4 Å². The summed E-state index contributed by atoms with van der Waals surface area (Å²) >= 11 is 0. The zero-order valence-electron chi connectivity index (χ0n) is 41.4. The van der Waals surface area contributed by atoms with Crippen molar-refractivity contribution < 1.29 is 47.8 Å². The van der Waals surface area contributed by atoms with Crippen LogP contribution in [0.1, 0.15) is 232 Å². The van der Waals surface area contributed by atoms with Gasteiger partial charge in [-0.05, 0) is 77.0 Å². The number of phosphoric ester groups is 1. The van der Waals surface area contributed by atoms with E-state index in [1.165, 1.54) is 122 Å². The summed E-state index contributed by atoms with van der Waals surface area (Å²) in [6.45, 7) is 2.29. The molecular weight excluding hydrogens is 840 g/mol. The third-order valence-electron chi connectivity index (χ3n) is 11.2. The van der Waals surface area contributed by atoms with E-state index in [1.807, 2.05) is 0 Å². The van der Waals surface area contributed by atoms with Gasteiger partial charge in [0.1, 0.15) is 12.7 Å². The number of carbonyl (C=O) groups excluding carboxylic acids is 2. The highest BCUT2D eigenvalue weighted by molar-refractivity contribution is 7.47. The van der Waals surface area contributed by atoms with Crippen LogP contribution in [0.15, 0.2) is 60.8 Å². The summed E-state index contributed by atoms with van der Waals surface area (Å²) in [5.41, 5.74) is 0. The van der Waals surface area contributed by atoms with Crippen LogP contribution in [0.4, 0.5) is 0 Å². The molecule has 0 radical (unpaired) electrons. The van der Waals surface area contributed by atoms with Crippen molar-refractivity contribution in [3.63, 3.8) is 0 Å². The fourth-order valence-electron chi connectivity index (χ4n) is 7.16. The first-order valence-electron chi connectivity index (χ1n) is 26.2. The lowest BCUT2D eigenvalue weighted by atomic mass is 10.0. The maximum absolute atomic E-state index is 12.7. The lowest BCUT2D eigenvalue weighted by Gasteiger charge is -2.20. The number of aliphatic hydroxyl groups is 2. The first-order chi connectivity index (χ1) is 31.7. The van der Waals surface area contributed by atoms with Crippen LogP contribution in [0.2, 0.25) is 0 Å². The molecule has 3 atom stereocenters. The minimum atomic E-state index is -4.63. The highest BCUT2D eigenvalue weighted by Crippen LogP contribution is 2.43. The number of rotatable bonds is 49. The molecular formula is C54H97O10P. The molecule has 0 heterocycles. The van der Waals surface area contributed by atoms with Crippen LogP contribution in [-0.4, -0.2) is 65.7 Å². The molecule has 0 saturated heterocycles. The Balaban J connectivity index is 4.17. The van der Waals surface area contributed by atoms with Gasteiger partial charge >= 0.3 is 19.8 Å². The normalized spacial score (nSPS) is 14.1. The summed E-state index contributed by atoms with van der Waals surface area (Å²) in [5, 5.41) is 18.4. The lowest BCUT2D eigenvalue weighted by molar-refractivity contribution is -0.161. The number of ether oxygens (including phenoxy) is 2. The topological polar surface area (TPSA) is 149 Å². The Labute approximate surface area is 397 Å². The predicted octanol–water partition coefficient (Wildman–Crippen LogP) is 15.0. The number of unbranched alkanes of at least 4 members (excludes halogenated alkanes) is 25. The van der Waals surface area contributed by atoms with Gasteiger partial charge in [0, 0.05) is 12.8 Å². The molecule has 0 aliphatic rings. The Morgan fingerprint density at radius 3 is 1.29 bits per heavy atom. The molecule has 11 heteroatoms. The molecule has 10 nitrogen and oxygen atoms in total. The van der Waals surface area contributed by atoms with Crippen molar-refractivity contribution in [2.45, 2.75) is 244 Å². The predicted molar refractivity (Wildman–Crippen MR) is 270 cm³/mol. The first kappa shape index (κ1) is 62.7. The van der Waals surface area contributed by atoms with Crippen molar-refractivity contribution in [2.24, 2.45) is 0 Å². The second-order valence-electron chi connectivity index (χ2n) is 17.5. The quantitative estimate of drug-likeness (QED) is 0.0233. The SMILES string of the molecule is CC/C=C\C/C=C\C/C=C\C/C=C\CCCCCCCCCCCCC(=O)OC(COC(=O)CCCCCCCCCCC/C=C\CCCCCCCC)COP(=O)(O)OCC(O)CO. The fraction of sp³-hybridized carbons (Fsp3) is 0.778. The van der Waals surface area contributed by atoms with Crippen LogP contribution in [-0.2, 0) is 32.7 Å². The van der Waals surface area contributed by atoms with Gasteiger partial charge < -0.3 is 24.6 Å². The molecule has 0 bridgehead atoms. The fourth-order valence-corrected chi connectivity index (χ4v) is 7.95. The second-order valence-corrected chi connectivity index (χ2v) is 19.0. The number of esters is 2. The number of carbonyl (C=O) groups is 2. The Bertz CT molecular complexity index is 1260. The molecule has 0 aliphatic heterocycles. The molecule has 0 spiro atoms. The third kappa shape index (κ3) is 49.4. The molecule has 3 unspecified atom stereocenters. The molecule has 3 N–H and O–H groups in total. The highest BCUT2D eigenvalue weighted by atomic mass is 31.2. The van der Waals surface area contributed by atoms with Crippen molar-refractivity contribution >= 4 is 19.8 Å². The van der Waals surface area contributed by atoms with E-state index in [4.69, 9.17) is 23.6 Å². The van der Waals surface area contributed by atoms with Gasteiger partial charge in [-0.25, -0.2) is 4.57 Å². The van der Waals surface area contributed by atoms with E-state index < -0.39 is 51.8 Å². The number of aliphatic hydroxyl groups excluding tert-OH is 2. The monoisotopic (exact) mass is 937 g/mol. The van der Waals surface area contributed by atoms with Crippen LogP contribution in [0, 0.1) is 0 Å². The summed E-state index contributed by atoms with van der Waals surface area (Å²) in [7, 11) is -4.63. The molecule has 0 aliphatic carbocycles. The molecule has 0 aromatic heterocycles. The van der Waals surface area contributed by atoms with Gasteiger partial charge in [-0.3, -0.25) is 18.6 Å². The molecule has 0 amide bonds. The minimum Gasteiger partial charge on any atom is -0.462 e. The Morgan fingerprint density at radius 1 is 0.477 bits per heavy atom. The maximum Gasteiger partial charge on any atom is 0.472 e. The Kier molecular flexibility index (Phi) is 47.8. The van der Waals surface area contributed by atoms with Crippen LogP contribution in [0.5, 0.6) is 0 Å². The van der Waals surface area contributed by atoms with E-state index in [0.717, 1.165) is 70.6 Å². The van der Waals surface area contributed by atoms with Crippen LogP contribution in [0.3, 0.4) is 0 Å². The first-order valence-corrected chi connectivity index (χ1v) is 27.7. The van der Waals surface area contributed by atoms with E-state index in [1.54, 1.807) is 0 Å². The van der Waals surface area contributed by atoms with Crippen LogP contribution in [0.25, 0.3) is 0 Å². The zero-order chi connectivity index (χ0) is 47.6. The van der Waals surface area contributed by atoms with Crippen molar-refractivity contribution in [1.29, 1.82) is 0 Å². The summed E-state index contributed by atoms with van der Waals surface area (Å²) in [4.78, 5) is 35.2. The molecule has 0 rings (SSSR count). The van der Waals surface area contributed by atoms with E-state index in [0.29, 0.717) is 12.8 Å². The number of allylic oxidation sites excluding steroid dienone is 10. The lowest BCUT2D eigenvalue weighted by Crippen LogP contribution is -2.29. The van der Waals surface area contributed by atoms with Crippen LogP contribution >= 0.6 is 7.82 Å². The van der Waals surface area contributed by atoms with Gasteiger partial charge in [0.2, 0.25) is 0 Å². The zero-order valence-corrected chi connectivity index (χ0v) is 42.3. The molecule has 378 valence electrons.